The molecule has 3 heteroatoms. The highest BCUT2D eigenvalue weighted by molar-refractivity contribution is 5.21. The number of aromatic nitrogens is 2. The van der Waals surface area contributed by atoms with Gasteiger partial charge in [-0.25, -0.2) is 0 Å². The Morgan fingerprint density at radius 2 is 2.50 bits per heavy atom. The standard InChI is InChI=1S/C9H15N3/c1-7-8(6-11-12(7)2)9-4-3-5-10-9/h6,9-10H,3-5H2,1-2H3/t9-/m1/s1. The number of rotatable bonds is 1. The van der Waals surface area contributed by atoms with Crippen LogP contribution in [0.25, 0.3) is 0 Å². The molecule has 1 aliphatic heterocycles. The molecule has 66 valence electrons. The summed E-state index contributed by atoms with van der Waals surface area (Å²) in [6.07, 6.45) is 4.53. The van der Waals surface area contributed by atoms with Gasteiger partial charge in [0.15, 0.2) is 0 Å². The molecule has 1 aliphatic rings. The Labute approximate surface area is 72.8 Å². The van der Waals surface area contributed by atoms with E-state index in [9.17, 15) is 0 Å². The van der Waals surface area contributed by atoms with Gasteiger partial charge in [0.05, 0.1) is 6.20 Å². The summed E-state index contributed by atoms with van der Waals surface area (Å²) in [4.78, 5) is 0. The Kier molecular flexibility index (Phi) is 1.89. The topological polar surface area (TPSA) is 29.9 Å². The van der Waals surface area contributed by atoms with Gasteiger partial charge in [-0.1, -0.05) is 0 Å². The molecule has 0 unspecified atom stereocenters. The summed E-state index contributed by atoms with van der Waals surface area (Å²) in [5, 5.41) is 7.71. The third kappa shape index (κ3) is 1.14. The second-order valence-electron chi connectivity index (χ2n) is 3.46. The molecule has 1 saturated heterocycles. The summed E-state index contributed by atoms with van der Waals surface area (Å²) in [5.74, 6) is 0. The predicted octanol–water partition coefficient (Wildman–Crippen LogP) is 1.15. The molecule has 0 aliphatic carbocycles. The molecule has 2 heterocycles. The van der Waals surface area contributed by atoms with E-state index in [0.717, 1.165) is 6.54 Å². The van der Waals surface area contributed by atoms with E-state index in [1.807, 2.05) is 17.9 Å². The lowest BCUT2D eigenvalue weighted by molar-refractivity contribution is 0.639. The molecule has 3 nitrogen and oxygen atoms in total. The van der Waals surface area contributed by atoms with Crippen LogP contribution >= 0.6 is 0 Å². The summed E-state index contributed by atoms with van der Waals surface area (Å²) < 4.78 is 1.94. The van der Waals surface area contributed by atoms with Gasteiger partial charge >= 0.3 is 0 Å². The molecule has 1 aromatic rings. The first-order valence-corrected chi connectivity index (χ1v) is 4.51. The van der Waals surface area contributed by atoms with E-state index in [0.29, 0.717) is 6.04 Å². The van der Waals surface area contributed by atoms with Gasteiger partial charge in [0.1, 0.15) is 0 Å². The quantitative estimate of drug-likeness (QED) is 0.676. The third-order valence-corrected chi connectivity index (χ3v) is 2.71. The first kappa shape index (κ1) is 7.80. The molecule has 0 bridgehead atoms. The van der Waals surface area contributed by atoms with E-state index in [2.05, 4.69) is 17.3 Å². The average Bonchev–Trinajstić information content (AvgIpc) is 2.64. The van der Waals surface area contributed by atoms with E-state index in [-0.39, 0.29) is 0 Å². The smallest absolute Gasteiger partial charge is 0.0540 e. The van der Waals surface area contributed by atoms with Gasteiger partial charge in [-0.05, 0) is 26.3 Å². The fourth-order valence-corrected chi connectivity index (χ4v) is 1.81. The van der Waals surface area contributed by atoms with Crippen molar-refractivity contribution in [2.45, 2.75) is 25.8 Å². The molecule has 1 N–H and O–H groups in total. The molecular formula is C9H15N3. The molecule has 0 spiro atoms. The molecule has 0 saturated carbocycles. The van der Waals surface area contributed by atoms with Crippen LogP contribution < -0.4 is 5.32 Å². The molecule has 1 atom stereocenters. The summed E-state index contributed by atoms with van der Waals surface area (Å²) in [5.41, 5.74) is 2.66. The van der Waals surface area contributed by atoms with Crippen LogP contribution in [0.1, 0.15) is 30.1 Å². The monoisotopic (exact) mass is 165 g/mol. The Morgan fingerprint density at radius 1 is 1.67 bits per heavy atom. The Bertz CT molecular complexity index is 271. The van der Waals surface area contributed by atoms with Gasteiger partial charge in [0, 0.05) is 24.3 Å². The van der Waals surface area contributed by atoms with Crippen LogP contribution in [0.2, 0.25) is 0 Å². The van der Waals surface area contributed by atoms with Crippen molar-refractivity contribution in [2.24, 2.45) is 7.05 Å². The summed E-state index contributed by atoms with van der Waals surface area (Å²) in [6.45, 7) is 3.28. The second-order valence-corrected chi connectivity index (χ2v) is 3.46. The van der Waals surface area contributed by atoms with Crippen molar-refractivity contribution in [3.8, 4) is 0 Å². The fourth-order valence-electron chi connectivity index (χ4n) is 1.81. The first-order chi connectivity index (χ1) is 5.79. The van der Waals surface area contributed by atoms with Gasteiger partial charge in [0.25, 0.3) is 0 Å². The molecule has 1 aromatic heterocycles. The Morgan fingerprint density at radius 3 is 3.00 bits per heavy atom. The maximum Gasteiger partial charge on any atom is 0.0540 e. The number of aryl methyl sites for hydroxylation is 1. The lowest BCUT2D eigenvalue weighted by atomic mass is 10.1. The molecule has 1 fully saturated rings. The molecule has 0 aromatic carbocycles. The molecule has 2 rings (SSSR count). The SMILES string of the molecule is Cc1c([C@H]2CCCN2)cnn1C. The number of hydrogen-bond acceptors (Lipinski definition) is 2. The minimum absolute atomic E-state index is 0.554. The number of nitrogens with zero attached hydrogens (tertiary/aromatic N) is 2. The van der Waals surface area contributed by atoms with Gasteiger partial charge in [-0.15, -0.1) is 0 Å². The van der Waals surface area contributed by atoms with Crippen molar-refractivity contribution >= 4 is 0 Å². The van der Waals surface area contributed by atoms with Crippen molar-refractivity contribution in [2.75, 3.05) is 6.54 Å². The van der Waals surface area contributed by atoms with E-state index >= 15 is 0 Å². The van der Waals surface area contributed by atoms with Crippen LogP contribution in [0.4, 0.5) is 0 Å². The molecule has 12 heavy (non-hydrogen) atoms. The van der Waals surface area contributed by atoms with E-state index in [1.54, 1.807) is 0 Å². The van der Waals surface area contributed by atoms with Crippen LogP contribution in [-0.4, -0.2) is 16.3 Å². The summed E-state index contributed by atoms with van der Waals surface area (Å²) in [6, 6.07) is 0.554. The van der Waals surface area contributed by atoms with Crippen molar-refractivity contribution in [3.63, 3.8) is 0 Å². The molecule has 0 amide bonds. The highest BCUT2D eigenvalue weighted by Gasteiger charge is 2.19. The van der Waals surface area contributed by atoms with E-state index in [1.165, 1.54) is 24.1 Å². The highest BCUT2D eigenvalue weighted by Crippen LogP contribution is 2.24. The average molecular weight is 165 g/mol. The first-order valence-electron chi connectivity index (χ1n) is 4.51. The van der Waals surface area contributed by atoms with Crippen molar-refractivity contribution in [1.29, 1.82) is 0 Å². The van der Waals surface area contributed by atoms with Gasteiger partial charge in [0.2, 0.25) is 0 Å². The Hall–Kier alpha value is -0.830. The number of hydrogen-bond donors (Lipinski definition) is 1. The largest absolute Gasteiger partial charge is 0.310 e. The zero-order valence-corrected chi connectivity index (χ0v) is 7.67. The molecular weight excluding hydrogens is 150 g/mol. The van der Waals surface area contributed by atoms with E-state index < -0.39 is 0 Å². The van der Waals surface area contributed by atoms with Gasteiger partial charge < -0.3 is 5.32 Å². The van der Waals surface area contributed by atoms with Gasteiger partial charge in [-0.2, -0.15) is 5.10 Å². The zero-order valence-electron chi connectivity index (χ0n) is 7.67. The van der Waals surface area contributed by atoms with Gasteiger partial charge in [-0.3, -0.25) is 4.68 Å². The highest BCUT2D eigenvalue weighted by atomic mass is 15.3. The summed E-state index contributed by atoms with van der Waals surface area (Å²) >= 11 is 0. The normalized spacial score (nSPS) is 23.3. The van der Waals surface area contributed by atoms with Crippen molar-refractivity contribution in [3.05, 3.63) is 17.5 Å². The van der Waals surface area contributed by atoms with Crippen molar-refractivity contribution in [1.82, 2.24) is 15.1 Å². The van der Waals surface area contributed by atoms with Crippen LogP contribution in [0.3, 0.4) is 0 Å². The van der Waals surface area contributed by atoms with Crippen molar-refractivity contribution < 1.29 is 0 Å². The van der Waals surface area contributed by atoms with Crippen LogP contribution in [0.15, 0.2) is 6.20 Å². The Balaban J connectivity index is 2.26. The van der Waals surface area contributed by atoms with Crippen LogP contribution in [0.5, 0.6) is 0 Å². The number of nitrogens with one attached hydrogen (secondary N) is 1. The minimum Gasteiger partial charge on any atom is -0.310 e. The fraction of sp³-hybridized carbons (Fsp3) is 0.667. The second kappa shape index (κ2) is 2.90. The predicted molar refractivity (Wildman–Crippen MR) is 47.9 cm³/mol. The van der Waals surface area contributed by atoms with Crippen LogP contribution in [-0.2, 0) is 7.05 Å². The zero-order chi connectivity index (χ0) is 8.55. The minimum atomic E-state index is 0.554. The maximum atomic E-state index is 4.24. The molecule has 0 radical (unpaired) electrons. The maximum absolute atomic E-state index is 4.24. The van der Waals surface area contributed by atoms with Crippen LogP contribution in [0, 0.1) is 6.92 Å². The lowest BCUT2D eigenvalue weighted by Crippen LogP contribution is -2.13. The summed E-state index contributed by atoms with van der Waals surface area (Å²) in [7, 11) is 1.99. The lowest BCUT2D eigenvalue weighted by Gasteiger charge is -2.08. The van der Waals surface area contributed by atoms with E-state index in [4.69, 9.17) is 0 Å². The third-order valence-electron chi connectivity index (χ3n) is 2.71.